The summed E-state index contributed by atoms with van der Waals surface area (Å²) in [5.41, 5.74) is 1.25. The first kappa shape index (κ1) is 12.9. The van der Waals surface area contributed by atoms with Gasteiger partial charge < -0.3 is 4.74 Å². The molecular weight excluding hydrogens is 248 g/mol. The van der Waals surface area contributed by atoms with Crippen molar-refractivity contribution >= 4 is 5.78 Å². The molecule has 4 radical (unpaired) electrons. The van der Waals surface area contributed by atoms with Crippen molar-refractivity contribution in [1.29, 1.82) is 0 Å². The Bertz CT molecular complexity index is 642. The summed E-state index contributed by atoms with van der Waals surface area (Å²) in [5, 5.41) is 0. The second kappa shape index (κ2) is 4.78. The Morgan fingerprint density at radius 3 is 2.55 bits per heavy atom. The number of fused-ring (bicyclic) bond motifs is 1. The molecule has 0 spiro atoms. The number of hydrogen-bond donors (Lipinski definition) is 0. The van der Waals surface area contributed by atoms with Gasteiger partial charge in [0.15, 0.2) is 5.78 Å². The molecule has 1 heterocycles. The number of carbonyl (C=O) groups excluding carboxylic acids is 1. The van der Waals surface area contributed by atoms with Gasteiger partial charge in [-0.15, -0.1) is 0 Å². The average molecular weight is 262 g/mol. The highest BCUT2D eigenvalue weighted by atomic mass is 16.5. The van der Waals surface area contributed by atoms with Crippen molar-refractivity contribution in [3.63, 3.8) is 0 Å². The molecule has 1 aliphatic rings. The molecule has 0 N–H and O–H groups in total. The molecular formula is C18H14O2. The van der Waals surface area contributed by atoms with Gasteiger partial charge >= 0.3 is 0 Å². The summed E-state index contributed by atoms with van der Waals surface area (Å²) in [6.07, 6.45) is 0.754. The van der Waals surface area contributed by atoms with Crippen molar-refractivity contribution in [2.75, 3.05) is 6.61 Å². The van der Waals surface area contributed by atoms with E-state index in [0.29, 0.717) is 11.3 Å². The van der Waals surface area contributed by atoms with Gasteiger partial charge in [0.05, 0.1) is 11.0 Å². The van der Waals surface area contributed by atoms with E-state index in [4.69, 9.17) is 18.6 Å². The third kappa shape index (κ3) is 2.34. The van der Waals surface area contributed by atoms with E-state index in [1.54, 1.807) is 6.07 Å². The van der Waals surface area contributed by atoms with Crippen LogP contribution in [0, 0.1) is 19.3 Å². The van der Waals surface area contributed by atoms with Crippen molar-refractivity contribution in [2.24, 2.45) is 5.41 Å². The minimum absolute atomic E-state index is 0.0108. The molecule has 1 aliphatic heterocycles. The van der Waals surface area contributed by atoms with Crippen LogP contribution in [0.5, 0.6) is 5.75 Å². The Kier molecular flexibility index (Phi) is 3.09. The molecule has 2 aromatic rings. The van der Waals surface area contributed by atoms with Crippen LogP contribution < -0.4 is 4.74 Å². The zero-order valence-corrected chi connectivity index (χ0v) is 11.0. The SMILES string of the molecule is [CH]C1([CH])COc2ccc(Cc3ccccc3)cc2C1=O. The zero-order valence-electron chi connectivity index (χ0n) is 11.0. The van der Waals surface area contributed by atoms with Crippen molar-refractivity contribution in [3.8, 4) is 5.75 Å². The van der Waals surface area contributed by atoms with Crippen LogP contribution in [0.3, 0.4) is 0 Å². The number of Topliss-reactive ketones (excluding diaryl/α,β-unsaturated/α-hetero) is 1. The molecule has 3 rings (SSSR count). The van der Waals surface area contributed by atoms with Crippen LogP contribution >= 0.6 is 0 Å². The molecule has 0 fully saturated rings. The highest BCUT2D eigenvalue weighted by Gasteiger charge is 2.36. The molecule has 0 amide bonds. The lowest BCUT2D eigenvalue weighted by atomic mass is 9.82. The number of rotatable bonds is 2. The van der Waals surface area contributed by atoms with Gasteiger partial charge in [-0.1, -0.05) is 36.4 Å². The van der Waals surface area contributed by atoms with E-state index >= 15 is 0 Å². The quantitative estimate of drug-likeness (QED) is 0.830. The lowest BCUT2D eigenvalue weighted by Gasteiger charge is -2.29. The fraction of sp³-hybridized carbons (Fsp3) is 0.167. The van der Waals surface area contributed by atoms with Crippen LogP contribution in [-0.4, -0.2) is 12.4 Å². The summed E-state index contributed by atoms with van der Waals surface area (Å²) < 4.78 is 5.44. The van der Waals surface area contributed by atoms with E-state index in [2.05, 4.69) is 0 Å². The van der Waals surface area contributed by atoms with E-state index in [1.807, 2.05) is 42.5 Å². The van der Waals surface area contributed by atoms with E-state index in [9.17, 15) is 4.79 Å². The van der Waals surface area contributed by atoms with Crippen molar-refractivity contribution < 1.29 is 9.53 Å². The molecule has 0 saturated heterocycles. The van der Waals surface area contributed by atoms with E-state index < -0.39 is 5.41 Å². The number of benzene rings is 2. The maximum absolute atomic E-state index is 12.2. The molecule has 0 aliphatic carbocycles. The smallest absolute Gasteiger partial charge is 0.176 e. The Morgan fingerprint density at radius 2 is 1.80 bits per heavy atom. The average Bonchev–Trinajstić information content (AvgIpc) is 2.45. The third-order valence-corrected chi connectivity index (χ3v) is 3.43. The monoisotopic (exact) mass is 262 g/mol. The van der Waals surface area contributed by atoms with Crippen LogP contribution in [0.2, 0.25) is 0 Å². The normalized spacial score (nSPS) is 16.4. The summed E-state index contributed by atoms with van der Waals surface area (Å²) in [5.74, 6) is 0.284. The second-order valence-electron chi connectivity index (χ2n) is 5.15. The summed E-state index contributed by atoms with van der Waals surface area (Å²) >= 11 is 0. The molecule has 0 bridgehead atoms. The Hall–Kier alpha value is -2.09. The molecule has 2 aromatic carbocycles. The molecule has 2 heteroatoms. The minimum atomic E-state index is -1.43. The first-order valence-electron chi connectivity index (χ1n) is 6.48. The van der Waals surface area contributed by atoms with Gasteiger partial charge in [0, 0.05) is 0 Å². The number of hydrogen-bond acceptors (Lipinski definition) is 2. The van der Waals surface area contributed by atoms with Gasteiger partial charge in [0.25, 0.3) is 0 Å². The molecule has 2 nitrogen and oxygen atoms in total. The minimum Gasteiger partial charge on any atom is -0.492 e. The van der Waals surface area contributed by atoms with Gasteiger partial charge in [-0.05, 0) is 43.5 Å². The lowest BCUT2D eigenvalue weighted by Crippen LogP contribution is -2.36. The molecule has 0 unspecified atom stereocenters. The Morgan fingerprint density at radius 1 is 1.05 bits per heavy atom. The van der Waals surface area contributed by atoms with Crippen LogP contribution in [0.4, 0.5) is 0 Å². The highest BCUT2D eigenvalue weighted by Crippen LogP contribution is 2.34. The fourth-order valence-corrected chi connectivity index (χ4v) is 2.34. The van der Waals surface area contributed by atoms with Crippen LogP contribution in [0.25, 0.3) is 0 Å². The number of ketones is 1. The van der Waals surface area contributed by atoms with E-state index in [1.165, 1.54) is 5.56 Å². The van der Waals surface area contributed by atoms with Gasteiger partial charge in [0.2, 0.25) is 0 Å². The van der Waals surface area contributed by atoms with Crippen LogP contribution in [0.1, 0.15) is 21.5 Å². The van der Waals surface area contributed by atoms with Crippen LogP contribution in [-0.2, 0) is 6.42 Å². The fourth-order valence-electron chi connectivity index (χ4n) is 2.34. The van der Waals surface area contributed by atoms with Gasteiger partial charge in [-0.2, -0.15) is 0 Å². The predicted molar refractivity (Wildman–Crippen MR) is 76.5 cm³/mol. The van der Waals surface area contributed by atoms with Gasteiger partial charge in [0.1, 0.15) is 12.4 Å². The van der Waals surface area contributed by atoms with E-state index in [0.717, 1.165) is 12.0 Å². The molecule has 0 aromatic heterocycles. The molecule has 20 heavy (non-hydrogen) atoms. The third-order valence-electron chi connectivity index (χ3n) is 3.43. The van der Waals surface area contributed by atoms with Crippen molar-refractivity contribution in [3.05, 3.63) is 79.1 Å². The number of carbonyl (C=O) groups is 1. The molecule has 0 atom stereocenters. The summed E-state index contributed by atoms with van der Waals surface area (Å²) in [6.45, 7) is 11.5. The molecule has 98 valence electrons. The largest absolute Gasteiger partial charge is 0.492 e. The Labute approximate surface area is 119 Å². The Balaban J connectivity index is 1.93. The van der Waals surface area contributed by atoms with Gasteiger partial charge in [-0.3, -0.25) is 4.79 Å². The van der Waals surface area contributed by atoms with E-state index in [-0.39, 0.29) is 12.4 Å². The lowest BCUT2D eigenvalue weighted by molar-refractivity contribution is 0.0781. The van der Waals surface area contributed by atoms with Crippen molar-refractivity contribution in [2.45, 2.75) is 6.42 Å². The van der Waals surface area contributed by atoms with Gasteiger partial charge in [-0.25, -0.2) is 0 Å². The summed E-state index contributed by atoms with van der Waals surface area (Å²) in [7, 11) is 0. The zero-order chi connectivity index (χ0) is 14.2. The maximum atomic E-state index is 12.2. The highest BCUT2D eigenvalue weighted by molar-refractivity contribution is 6.04. The van der Waals surface area contributed by atoms with Crippen LogP contribution in [0.15, 0.2) is 48.5 Å². The first-order chi connectivity index (χ1) is 9.56. The maximum Gasteiger partial charge on any atom is 0.176 e. The second-order valence-corrected chi connectivity index (χ2v) is 5.15. The predicted octanol–water partition coefficient (Wildman–Crippen LogP) is 3.26. The standard InChI is InChI=1S/C18H14O2/c1-18(2)12-20-16-9-8-14(11-15(16)17(18)19)10-13-6-4-3-5-7-13/h1-9,11H,10,12H2. The summed E-state index contributed by atoms with van der Waals surface area (Å²) in [4.78, 5) is 12.2. The first-order valence-corrected chi connectivity index (χ1v) is 6.48. The number of ether oxygens (including phenoxy) is 1. The van der Waals surface area contributed by atoms with Crippen molar-refractivity contribution in [1.82, 2.24) is 0 Å². The topological polar surface area (TPSA) is 26.3 Å². The summed E-state index contributed by atoms with van der Waals surface area (Å²) in [6, 6.07) is 15.6. The molecule has 0 saturated carbocycles.